The van der Waals surface area contributed by atoms with Gasteiger partial charge < -0.3 is 0 Å². The molecule has 0 N–H and O–H groups in total. The van der Waals surface area contributed by atoms with Crippen molar-refractivity contribution >= 4 is 0 Å². The second-order valence-electron chi connectivity index (χ2n) is 6.03. The smallest absolute Gasteiger partial charge is 0.0411 e. The number of rotatable bonds is 3. The van der Waals surface area contributed by atoms with Crippen LogP contribution in [0.4, 0.5) is 0 Å². The predicted molar refractivity (Wildman–Crippen MR) is 66.9 cm³/mol. The largest absolute Gasteiger partial charge is 0.0651 e. The lowest BCUT2D eigenvalue weighted by molar-refractivity contribution is 0.209. The van der Waals surface area contributed by atoms with E-state index in [4.69, 9.17) is 0 Å². The third-order valence-electron chi connectivity index (χ3n) is 4.94. The summed E-state index contributed by atoms with van der Waals surface area (Å²) in [6.45, 7) is 2.37. The lowest BCUT2D eigenvalue weighted by Gasteiger charge is -2.31. The summed E-state index contributed by atoms with van der Waals surface area (Å²) in [5, 5.41) is 0. The van der Waals surface area contributed by atoms with Gasteiger partial charge in [0.05, 0.1) is 0 Å². The molecule has 0 nitrogen and oxygen atoms in total. The predicted octanol–water partition coefficient (Wildman–Crippen LogP) is 5.17. The summed E-state index contributed by atoms with van der Waals surface area (Å²) < 4.78 is 0. The quantitative estimate of drug-likeness (QED) is 0.600. The van der Waals surface area contributed by atoms with Gasteiger partial charge in [-0.1, -0.05) is 71.1 Å². The molecule has 0 amide bonds. The van der Waals surface area contributed by atoms with E-state index in [0.717, 1.165) is 17.8 Å². The Morgan fingerprint density at radius 3 is 1.80 bits per heavy atom. The van der Waals surface area contributed by atoms with E-state index in [2.05, 4.69) is 6.92 Å². The van der Waals surface area contributed by atoms with Crippen molar-refractivity contribution in [1.82, 2.24) is 0 Å². The van der Waals surface area contributed by atoms with Crippen molar-refractivity contribution in [3.05, 3.63) is 0 Å². The molecule has 0 atom stereocenters. The van der Waals surface area contributed by atoms with Gasteiger partial charge >= 0.3 is 0 Å². The highest BCUT2D eigenvalue weighted by Crippen LogP contribution is 2.37. The van der Waals surface area contributed by atoms with E-state index in [0.29, 0.717) is 0 Å². The minimum absolute atomic E-state index is 1.08. The van der Waals surface area contributed by atoms with E-state index in [9.17, 15) is 0 Å². The molecule has 0 bridgehead atoms. The fourth-order valence-electron chi connectivity index (χ4n) is 3.77. The fraction of sp³-hybridized carbons (Fsp3) is 1.00. The van der Waals surface area contributed by atoms with Crippen molar-refractivity contribution in [1.29, 1.82) is 0 Å². The molecule has 0 aromatic rings. The normalized spacial score (nSPS) is 34.2. The van der Waals surface area contributed by atoms with Crippen molar-refractivity contribution in [3.63, 3.8) is 0 Å². The number of hydrogen-bond acceptors (Lipinski definition) is 0. The van der Waals surface area contributed by atoms with Gasteiger partial charge in [0.1, 0.15) is 0 Å². The van der Waals surface area contributed by atoms with Crippen molar-refractivity contribution < 1.29 is 0 Å². The highest BCUT2D eigenvalue weighted by Gasteiger charge is 2.23. The average Bonchev–Trinajstić information content (AvgIpc) is 2.31. The van der Waals surface area contributed by atoms with E-state index in [1.165, 1.54) is 38.5 Å². The zero-order valence-corrected chi connectivity index (χ0v) is 10.5. The summed E-state index contributed by atoms with van der Waals surface area (Å²) in [7, 11) is 0. The van der Waals surface area contributed by atoms with Crippen LogP contribution in [0, 0.1) is 17.8 Å². The maximum atomic E-state index is 2.37. The molecule has 88 valence electrons. The van der Waals surface area contributed by atoms with Gasteiger partial charge in [-0.3, -0.25) is 0 Å². The Balaban J connectivity index is 1.67. The van der Waals surface area contributed by atoms with Crippen LogP contribution < -0.4 is 0 Å². The van der Waals surface area contributed by atoms with Crippen LogP contribution in [0.5, 0.6) is 0 Å². The fourth-order valence-corrected chi connectivity index (χ4v) is 3.77. The van der Waals surface area contributed by atoms with Crippen LogP contribution in [0.1, 0.15) is 77.6 Å². The van der Waals surface area contributed by atoms with E-state index in [1.807, 2.05) is 0 Å². The molecule has 15 heavy (non-hydrogen) atoms. The molecular weight excluding hydrogens is 180 g/mol. The highest BCUT2D eigenvalue weighted by atomic mass is 14.3. The molecule has 2 fully saturated rings. The van der Waals surface area contributed by atoms with Gasteiger partial charge in [0.15, 0.2) is 0 Å². The van der Waals surface area contributed by atoms with E-state index >= 15 is 0 Å². The molecule has 0 saturated heterocycles. The minimum Gasteiger partial charge on any atom is -0.0651 e. The molecule has 0 aromatic heterocycles. The molecule has 0 radical (unpaired) electrons. The second kappa shape index (κ2) is 5.92. The first-order chi connectivity index (χ1) is 7.38. The van der Waals surface area contributed by atoms with Gasteiger partial charge in [0.25, 0.3) is 0 Å². The topological polar surface area (TPSA) is 0 Å². The Morgan fingerprint density at radius 1 is 0.667 bits per heavy atom. The summed E-state index contributed by atoms with van der Waals surface area (Å²) >= 11 is 0. The first kappa shape index (κ1) is 11.5. The van der Waals surface area contributed by atoms with Crippen LogP contribution in [-0.4, -0.2) is 0 Å². The third kappa shape index (κ3) is 3.50. The Kier molecular flexibility index (Phi) is 4.53. The van der Waals surface area contributed by atoms with Gasteiger partial charge in [-0.15, -0.1) is 0 Å². The van der Waals surface area contributed by atoms with Gasteiger partial charge in [0.2, 0.25) is 0 Å². The van der Waals surface area contributed by atoms with Crippen LogP contribution in [0.3, 0.4) is 0 Å². The molecule has 2 aliphatic rings. The Hall–Kier alpha value is 0. The van der Waals surface area contributed by atoms with Crippen LogP contribution in [0.2, 0.25) is 0 Å². The Bertz CT molecular complexity index is 159. The van der Waals surface area contributed by atoms with Gasteiger partial charge in [0, 0.05) is 0 Å². The molecule has 0 heteroatoms. The van der Waals surface area contributed by atoms with Crippen LogP contribution >= 0.6 is 0 Å². The lowest BCUT2D eigenvalue weighted by atomic mass is 9.74. The van der Waals surface area contributed by atoms with Crippen LogP contribution in [-0.2, 0) is 0 Å². The van der Waals surface area contributed by atoms with E-state index in [1.54, 1.807) is 32.1 Å². The van der Waals surface area contributed by atoms with E-state index < -0.39 is 0 Å². The third-order valence-corrected chi connectivity index (χ3v) is 4.94. The molecule has 2 rings (SSSR count). The maximum absolute atomic E-state index is 2.37. The van der Waals surface area contributed by atoms with Crippen molar-refractivity contribution in [2.75, 3.05) is 0 Å². The minimum atomic E-state index is 1.08. The van der Waals surface area contributed by atoms with Gasteiger partial charge in [-0.05, 0) is 24.2 Å². The summed E-state index contributed by atoms with van der Waals surface area (Å²) in [5.74, 6) is 3.30. The zero-order chi connectivity index (χ0) is 10.5. The summed E-state index contributed by atoms with van der Waals surface area (Å²) in [5.41, 5.74) is 0. The Morgan fingerprint density at radius 2 is 1.20 bits per heavy atom. The SMILES string of the molecule is CCC1CCC(CC2CCCCC2)CC1. The van der Waals surface area contributed by atoms with Crippen molar-refractivity contribution in [2.45, 2.75) is 77.6 Å². The Labute approximate surface area is 95.8 Å². The highest BCUT2D eigenvalue weighted by molar-refractivity contribution is 4.76. The zero-order valence-electron chi connectivity index (χ0n) is 10.5. The molecule has 0 spiro atoms. The van der Waals surface area contributed by atoms with Gasteiger partial charge in [-0.25, -0.2) is 0 Å². The van der Waals surface area contributed by atoms with Crippen molar-refractivity contribution in [3.8, 4) is 0 Å². The summed E-state index contributed by atoms with van der Waals surface area (Å²) in [6.07, 6.45) is 16.8. The lowest BCUT2D eigenvalue weighted by Crippen LogP contribution is -2.18. The maximum Gasteiger partial charge on any atom is -0.0411 e. The number of hydrogen-bond donors (Lipinski definition) is 0. The molecule has 0 aromatic carbocycles. The van der Waals surface area contributed by atoms with Crippen molar-refractivity contribution in [2.24, 2.45) is 17.8 Å². The molecule has 0 aliphatic heterocycles. The van der Waals surface area contributed by atoms with Gasteiger partial charge in [-0.2, -0.15) is 0 Å². The second-order valence-corrected chi connectivity index (χ2v) is 6.03. The van der Waals surface area contributed by atoms with Crippen LogP contribution in [0.15, 0.2) is 0 Å². The molecule has 2 aliphatic carbocycles. The first-order valence-electron chi connectivity index (χ1n) is 7.38. The molecule has 0 heterocycles. The monoisotopic (exact) mass is 208 g/mol. The standard InChI is InChI=1S/C15H28/c1-2-13-8-10-15(11-9-13)12-14-6-4-3-5-7-14/h13-15H,2-12H2,1H3. The molecular formula is C15H28. The van der Waals surface area contributed by atoms with E-state index in [-0.39, 0.29) is 0 Å². The summed E-state index contributed by atoms with van der Waals surface area (Å²) in [6, 6.07) is 0. The molecule has 2 saturated carbocycles. The molecule has 0 unspecified atom stereocenters. The summed E-state index contributed by atoms with van der Waals surface area (Å²) in [4.78, 5) is 0. The first-order valence-corrected chi connectivity index (χ1v) is 7.38. The van der Waals surface area contributed by atoms with Crippen LogP contribution in [0.25, 0.3) is 0 Å². The average molecular weight is 208 g/mol.